The molecule has 2 aromatic carbocycles. The number of hydrogen-bond donors (Lipinski definition) is 0. The Hall–Kier alpha value is -2.87. The lowest BCUT2D eigenvalue weighted by Gasteiger charge is -2.06. The molecule has 0 atom stereocenters. The molecule has 21 heavy (non-hydrogen) atoms. The van der Waals surface area contributed by atoms with Crippen molar-refractivity contribution in [2.75, 3.05) is 0 Å². The van der Waals surface area contributed by atoms with Crippen LogP contribution < -0.4 is 4.74 Å². The van der Waals surface area contributed by atoms with Gasteiger partial charge in [0.25, 0.3) is 0 Å². The van der Waals surface area contributed by atoms with Crippen molar-refractivity contribution in [3.05, 3.63) is 74.3 Å². The highest BCUT2D eigenvalue weighted by atomic mass is 32.1. The Kier molecular flexibility index (Phi) is 4.19. The number of nitro benzene ring substituents is 2. The number of rotatable bonds is 4. The van der Waals surface area contributed by atoms with E-state index in [2.05, 4.69) is 0 Å². The molecule has 2 rings (SSSR count). The van der Waals surface area contributed by atoms with Crippen LogP contribution in [0.4, 0.5) is 11.4 Å². The zero-order valence-corrected chi connectivity index (χ0v) is 11.3. The molecule has 0 radical (unpaired) electrons. The fraction of sp³-hybridized carbons (Fsp3) is 0. The van der Waals surface area contributed by atoms with Crippen molar-refractivity contribution in [1.29, 1.82) is 0 Å². The summed E-state index contributed by atoms with van der Waals surface area (Å²) in [5.41, 5.74) is -0.611. The minimum Gasteiger partial charge on any atom is -0.445 e. The van der Waals surface area contributed by atoms with Crippen LogP contribution in [-0.2, 0) is 0 Å². The summed E-state index contributed by atoms with van der Waals surface area (Å²) in [6.45, 7) is 0. The van der Waals surface area contributed by atoms with Crippen molar-refractivity contribution in [3.8, 4) is 5.75 Å². The van der Waals surface area contributed by atoms with Gasteiger partial charge in [-0.2, -0.15) is 0 Å². The minimum absolute atomic E-state index is 0.0705. The van der Waals surface area contributed by atoms with Crippen LogP contribution in [0.5, 0.6) is 5.75 Å². The summed E-state index contributed by atoms with van der Waals surface area (Å²) in [5.74, 6) is 0.0705. The normalized spacial score (nSPS) is 9.90. The number of thiocarbonyl (C=S) groups is 1. The van der Waals surface area contributed by atoms with Crippen LogP contribution >= 0.6 is 12.2 Å². The fourth-order valence-corrected chi connectivity index (χ4v) is 1.84. The van der Waals surface area contributed by atoms with E-state index in [1.165, 1.54) is 6.07 Å². The quantitative estimate of drug-likeness (QED) is 0.488. The van der Waals surface area contributed by atoms with Gasteiger partial charge in [0.1, 0.15) is 5.75 Å². The summed E-state index contributed by atoms with van der Waals surface area (Å²) in [7, 11) is 0. The molecule has 0 amide bonds. The second kappa shape index (κ2) is 6.06. The molecule has 8 heteroatoms. The SMILES string of the molecule is O=[N+]([O-])c1ccc(OC(=S)c2ccccc2)cc1[N+](=O)[O-]. The van der Waals surface area contributed by atoms with Crippen LogP contribution in [0.2, 0.25) is 0 Å². The molecule has 0 saturated carbocycles. The molecular weight excluding hydrogens is 296 g/mol. The van der Waals surface area contributed by atoms with Crippen LogP contribution in [0.1, 0.15) is 5.56 Å². The van der Waals surface area contributed by atoms with E-state index < -0.39 is 21.2 Å². The predicted molar refractivity (Wildman–Crippen MR) is 78.5 cm³/mol. The van der Waals surface area contributed by atoms with Crippen LogP contribution in [-0.4, -0.2) is 14.9 Å². The zero-order valence-electron chi connectivity index (χ0n) is 10.5. The van der Waals surface area contributed by atoms with Gasteiger partial charge in [0.05, 0.1) is 15.9 Å². The summed E-state index contributed by atoms with van der Waals surface area (Å²) >= 11 is 5.07. The van der Waals surface area contributed by atoms with Crippen LogP contribution in [0.25, 0.3) is 0 Å². The van der Waals surface area contributed by atoms with Gasteiger partial charge >= 0.3 is 11.4 Å². The molecule has 0 heterocycles. The second-order valence-corrected chi connectivity index (χ2v) is 4.29. The van der Waals surface area contributed by atoms with Gasteiger partial charge in [-0.05, 0) is 18.3 Å². The van der Waals surface area contributed by atoms with Crippen molar-refractivity contribution in [2.24, 2.45) is 0 Å². The molecule has 0 saturated heterocycles. The topological polar surface area (TPSA) is 95.5 Å². The van der Waals surface area contributed by atoms with Gasteiger partial charge in [0.15, 0.2) is 5.05 Å². The van der Waals surface area contributed by atoms with Gasteiger partial charge in [-0.25, -0.2) is 0 Å². The second-order valence-electron chi connectivity index (χ2n) is 3.92. The maximum Gasteiger partial charge on any atom is 0.349 e. The standard InChI is InChI=1S/C13H8N2O5S/c16-14(17)11-7-6-10(8-12(11)15(18)19)20-13(21)9-4-2-1-3-5-9/h1-8H. The Labute approximate surface area is 124 Å². The Morgan fingerprint density at radius 2 is 1.57 bits per heavy atom. The Morgan fingerprint density at radius 3 is 2.14 bits per heavy atom. The monoisotopic (exact) mass is 304 g/mol. The van der Waals surface area contributed by atoms with Crippen LogP contribution in [0, 0.1) is 20.2 Å². The highest BCUT2D eigenvalue weighted by Gasteiger charge is 2.24. The van der Waals surface area contributed by atoms with Gasteiger partial charge in [-0.3, -0.25) is 20.2 Å². The highest BCUT2D eigenvalue weighted by molar-refractivity contribution is 7.80. The van der Waals surface area contributed by atoms with Crippen molar-refractivity contribution in [1.82, 2.24) is 0 Å². The summed E-state index contributed by atoms with van der Waals surface area (Å²) < 4.78 is 5.33. The molecule has 0 bridgehead atoms. The Balaban J connectivity index is 2.30. The van der Waals surface area contributed by atoms with Gasteiger partial charge in [-0.1, -0.05) is 30.3 Å². The van der Waals surface area contributed by atoms with Crippen LogP contribution in [0.15, 0.2) is 48.5 Å². The molecule has 106 valence electrons. The lowest BCUT2D eigenvalue weighted by atomic mass is 10.2. The molecule has 0 aliphatic heterocycles. The molecular formula is C13H8N2O5S. The number of benzene rings is 2. The molecule has 0 aromatic heterocycles. The van der Waals surface area contributed by atoms with Gasteiger partial charge < -0.3 is 4.74 Å². The van der Waals surface area contributed by atoms with E-state index >= 15 is 0 Å². The number of nitro groups is 2. The summed E-state index contributed by atoms with van der Waals surface area (Å²) in [4.78, 5) is 19.9. The molecule has 0 spiro atoms. The zero-order chi connectivity index (χ0) is 15.4. The third kappa shape index (κ3) is 3.37. The van der Waals surface area contributed by atoms with Crippen molar-refractivity contribution >= 4 is 28.6 Å². The smallest absolute Gasteiger partial charge is 0.349 e. The summed E-state index contributed by atoms with van der Waals surface area (Å²) in [6, 6.07) is 12.1. The lowest BCUT2D eigenvalue weighted by Crippen LogP contribution is -2.07. The van der Waals surface area contributed by atoms with Gasteiger partial charge in [0, 0.05) is 11.6 Å². The largest absolute Gasteiger partial charge is 0.445 e. The number of ether oxygens (including phenoxy) is 1. The van der Waals surface area contributed by atoms with E-state index in [4.69, 9.17) is 17.0 Å². The number of nitrogens with zero attached hydrogens (tertiary/aromatic N) is 2. The number of hydrogen-bond acceptors (Lipinski definition) is 6. The van der Waals surface area contributed by atoms with Crippen molar-refractivity contribution in [3.63, 3.8) is 0 Å². The first-order chi connectivity index (χ1) is 9.99. The van der Waals surface area contributed by atoms with E-state index in [-0.39, 0.29) is 10.8 Å². The first-order valence-corrected chi connectivity index (χ1v) is 6.10. The van der Waals surface area contributed by atoms with E-state index in [0.29, 0.717) is 5.56 Å². The van der Waals surface area contributed by atoms with E-state index in [1.807, 2.05) is 6.07 Å². The van der Waals surface area contributed by atoms with E-state index in [1.54, 1.807) is 24.3 Å². The summed E-state index contributed by atoms with van der Waals surface area (Å²) in [6.07, 6.45) is 0. The average Bonchev–Trinajstić information content (AvgIpc) is 2.47. The maximum atomic E-state index is 10.8. The molecule has 0 unspecified atom stereocenters. The van der Waals surface area contributed by atoms with Crippen LogP contribution in [0.3, 0.4) is 0 Å². The van der Waals surface area contributed by atoms with Gasteiger partial charge in [0.2, 0.25) is 0 Å². The minimum atomic E-state index is -0.837. The average molecular weight is 304 g/mol. The predicted octanol–water partition coefficient (Wildman–Crippen LogP) is 3.26. The third-order valence-corrected chi connectivity index (χ3v) is 2.88. The molecule has 2 aromatic rings. The third-order valence-electron chi connectivity index (χ3n) is 2.56. The maximum absolute atomic E-state index is 10.8. The molecule has 0 aliphatic carbocycles. The fourth-order valence-electron chi connectivity index (χ4n) is 1.61. The van der Waals surface area contributed by atoms with E-state index in [9.17, 15) is 20.2 Å². The van der Waals surface area contributed by atoms with E-state index in [0.717, 1.165) is 12.1 Å². The summed E-state index contributed by atoms with van der Waals surface area (Å²) in [5, 5.41) is 21.7. The molecule has 7 nitrogen and oxygen atoms in total. The first-order valence-electron chi connectivity index (χ1n) is 5.69. The molecule has 0 fully saturated rings. The highest BCUT2D eigenvalue weighted by Crippen LogP contribution is 2.31. The first kappa shape index (κ1) is 14.5. The molecule has 0 N–H and O–H groups in total. The lowest BCUT2D eigenvalue weighted by molar-refractivity contribution is -0.422. The Bertz CT molecular complexity index is 718. The van der Waals surface area contributed by atoms with Gasteiger partial charge in [-0.15, -0.1) is 0 Å². The van der Waals surface area contributed by atoms with Crippen molar-refractivity contribution < 1.29 is 14.6 Å². The van der Waals surface area contributed by atoms with Crippen molar-refractivity contribution in [2.45, 2.75) is 0 Å². The molecule has 0 aliphatic rings. The Morgan fingerprint density at radius 1 is 0.952 bits per heavy atom.